The lowest BCUT2D eigenvalue weighted by Crippen LogP contribution is -2.15. The van der Waals surface area contributed by atoms with Crippen LogP contribution in [0.4, 0.5) is 5.82 Å². The van der Waals surface area contributed by atoms with Crippen molar-refractivity contribution in [3.63, 3.8) is 0 Å². The second-order valence-electron chi connectivity index (χ2n) is 5.11. The summed E-state index contributed by atoms with van der Waals surface area (Å²) in [6, 6.07) is 5.33. The number of halogens is 1. The molecule has 18 heavy (non-hydrogen) atoms. The van der Waals surface area contributed by atoms with Crippen LogP contribution in [0.2, 0.25) is 5.02 Å². The lowest BCUT2D eigenvalue weighted by molar-refractivity contribution is 0.568. The quantitative estimate of drug-likeness (QED) is 0.858. The summed E-state index contributed by atoms with van der Waals surface area (Å²) in [6.07, 6.45) is 1.57. The third-order valence-electron chi connectivity index (χ3n) is 2.47. The fourth-order valence-corrected chi connectivity index (χ4v) is 1.58. The number of nitrogens with two attached hydrogens (primary N) is 1. The molecule has 0 amide bonds. The van der Waals surface area contributed by atoms with Crippen molar-refractivity contribution >= 4 is 17.4 Å². The van der Waals surface area contributed by atoms with Gasteiger partial charge in [-0.25, -0.2) is 9.97 Å². The number of pyridine rings is 1. The number of nitrogen functional groups attached to an aromatic ring is 1. The molecular weight excluding hydrogens is 248 g/mol. The van der Waals surface area contributed by atoms with Gasteiger partial charge in [-0.2, -0.15) is 0 Å². The Labute approximate surface area is 111 Å². The summed E-state index contributed by atoms with van der Waals surface area (Å²) >= 11 is 5.81. The Morgan fingerprint density at radius 1 is 1.17 bits per heavy atom. The van der Waals surface area contributed by atoms with Gasteiger partial charge >= 0.3 is 0 Å². The summed E-state index contributed by atoms with van der Waals surface area (Å²) in [6.45, 7) is 6.23. The van der Waals surface area contributed by atoms with Crippen molar-refractivity contribution in [2.45, 2.75) is 26.2 Å². The molecule has 0 aromatic carbocycles. The molecule has 0 atom stereocenters. The van der Waals surface area contributed by atoms with Crippen LogP contribution in [0.1, 0.15) is 26.5 Å². The maximum Gasteiger partial charge on any atom is 0.180 e. The van der Waals surface area contributed by atoms with E-state index >= 15 is 0 Å². The highest BCUT2D eigenvalue weighted by Gasteiger charge is 2.18. The average molecular weight is 263 g/mol. The van der Waals surface area contributed by atoms with Crippen molar-refractivity contribution in [1.29, 1.82) is 0 Å². The van der Waals surface area contributed by atoms with Crippen molar-refractivity contribution < 1.29 is 0 Å². The molecule has 0 saturated carbocycles. The molecule has 5 heteroatoms. The first-order valence-electron chi connectivity index (χ1n) is 5.63. The molecular formula is C13H15ClN4. The Morgan fingerprint density at radius 2 is 1.89 bits per heavy atom. The van der Waals surface area contributed by atoms with Gasteiger partial charge in [-0.3, -0.25) is 4.98 Å². The predicted molar refractivity (Wildman–Crippen MR) is 73.4 cm³/mol. The lowest BCUT2D eigenvalue weighted by Gasteiger charge is -2.18. The average Bonchev–Trinajstić information content (AvgIpc) is 2.28. The number of hydrogen-bond donors (Lipinski definition) is 1. The van der Waals surface area contributed by atoms with E-state index in [2.05, 4.69) is 35.7 Å². The predicted octanol–water partition coefficient (Wildman–Crippen LogP) is 3.07. The van der Waals surface area contributed by atoms with Gasteiger partial charge in [0, 0.05) is 17.7 Å². The van der Waals surface area contributed by atoms with Crippen LogP contribution >= 0.6 is 11.6 Å². The van der Waals surface area contributed by atoms with E-state index in [-0.39, 0.29) is 5.41 Å². The standard InChI is InChI=1S/C13H15ClN4/c1-13(2,3)10-6-11(15)18-12(17-10)9-5-4-8(14)7-16-9/h4-7H,1-3H3,(H2,15,17,18). The molecule has 2 N–H and O–H groups in total. The van der Waals surface area contributed by atoms with Crippen molar-refractivity contribution in [2.75, 3.05) is 5.73 Å². The Hall–Kier alpha value is -1.68. The van der Waals surface area contributed by atoms with E-state index in [0.29, 0.717) is 22.4 Å². The van der Waals surface area contributed by atoms with Crippen LogP contribution in [0.5, 0.6) is 0 Å². The van der Waals surface area contributed by atoms with E-state index in [0.717, 1.165) is 5.69 Å². The third kappa shape index (κ3) is 2.76. The molecule has 0 bridgehead atoms. The van der Waals surface area contributed by atoms with E-state index < -0.39 is 0 Å². The van der Waals surface area contributed by atoms with Crippen LogP contribution in [0, 0.1) is 0 Å². The van der Waals surface area contributed by atoms with Crippen molar-refractivity contribution in [3.8, 4) is 11.5 Å². The SMILES string of the molecule is CC(C)(C)c1cc(N)nc(-c2ccc(Cl)cn2)n1. The van der Waals surface area contributed by atoms with Gasteiger partial charge in [-0.15, -0.1) is 0 Å². The zero-order valence-corrected chi connectivity index (χ0v) is 11.4. The first-order valence-corrected chi connectivity index (χ1v) is 6.01. The summed E-state index contributed by atoms with van der Waals surface area (Å²) < 4.78 is 0. The molecule has 0 unspecified atom stereocenters. The van der Waals surface area contributed by atoms with Crippen LogP contribution in [-0.2, 0) is 5.41 Å². The molecule has 0 aliphatic carbocycles. The molecule has 0 spiro atoms. The number of anilines is 1. The summed E-state index contributed by atoms with van der Waals surface area (Å²) in [5.74, 6) is 0.971. The van der Waals surface area contributed by atoms with E-state index in [9.17, 15) is 0 Å². The maximum atomic E-state index is 5.82. The molecule has 0 radical (unpaired) electrons. The number of rotatable bonds is 1. The fourth-order valence-electron chi connectivity index (χ4n) is 1.47. The Kier molecular flexibility index (Phi) is 3.22. The largest absolute Gasteiger partial charge is 0.384 e. The monoisotopic (exact) mass is 262 g/mol. The molecule has 0 fully saturated rings. The Morgan fingerprint density at radius 3 is 2.44 bits per heavy atom. The minimum atomic E-state index is -0.0851. The summed E-state index contributed by atoms with van der Waals surface area (Å²) in [4.78, 5) is 12.9. The zero-order chi connectivity index (χ0) is 13.3. The Bertz CT molecular complexity index is 558. The molecule has 4 nitrogen and oxygen atoms in total. The van der Waals surface area contributed by atoms with E-state index in [4.69, 9.17) is 17.3 Å². The zero-order valence-electron chi connectivity index (χ0n) is 10.6. The van der Waals surface area contributed by atoms with E-state index in [1.807, 2.05) is 0 Å². The molecule has 0 saturated heterocycles. The van der Waals surface area contributed by atoms with E-state index in [1.165, 1.54) is 0 Å². The van der Waals surface area contributed by atoms with Gasteiger partial charge in [0.25, 0.3) is 0 Å². The molecule has 2 rings (SSSR count). The summed E-state index contributed by atoms with van der Waals surface area (Å²) in [7, 11) is 0. The molecule has 2 heterocycles. The first-order chi connectivity index (χ1) is 8.36. The smallest absolute Gasteiger partial charge is 0.180 e. The molecule has 2 aromatic rings. The summed E-state index contributed by atoms with van der Waals surface area (Å²) in [5, 5.41) is 0.582. The second-order valence-corrected chi connectivity index (χ2v) is 5.55. The van der Waals surface area contributed by atoms with Gasteiger partial charge in [0.05, 0.1) is 10.7 Å². The van der Waals surface area contributed by atoms with Gasteiger partial charge in [-0.05, 0) is 12.1 Å². The highest BCUT2D eigenvalue weighted by Crippen LogP contribution is 2.24. The number of aromatic nitrogens is 3. The van der Waals surface area contributed by atoms with E-state index in [1.54, 1.807) is 24.4 Å². The lowest BCUT2D eigenvalue weighted by atomic mass is 9.92. The minimum absolute atomic E-state index is 0.0851. The molecule has 0 aliphatic heterocycles. The number of hydrogen-bond acceptors (Lipinski definition) is 4. The molecule has 2 aromatic heterocycles. The first kappa shape index (κ1) is 12.8. The van der Waals surface area contributed by atoms with Crippen LogP contribution in [0.15, 0.2) is 24.4 Å². The van der Waals surface area contributed by atoms with Crippen LogP contribution in [0.25, 0.3) is 11.5 Å². The minimum Gasteiger partial charge on any atom is -0.384 e. The topological polar surface area (TPSA) is 64.7 Å². The second kappa shape index (κ2) is 4.53. The maximum absolute atomic E-state index is 5.82. The Balaban J connectivity index is 2.52. The van der Waals surface area contributed by atoms with Crippen molar-refractivity contribution in [3.05, 3.63) is 35.1 Å². The van der Waals surface area contributed by atoms with Crippen LogP contribution < -0.4 is 5.73 Å². The van der Waals surface area contributed by atoms with Gasteiger partial charge in [-0.1, -0.05) is 32.4 Å². The van der Waals surface area contributed by atoms with Gasteiger partial charge < -0.3 is 5.73 Å². The van der Waals surface area contributed by atoms with Crippen LogP contribution in [0.3, 0.4) is 0 Å². The fraction of sp³-hybridized carbons (Fsp3) is 0.308. The van der Waals surface area contributed by atoms with Crippen molar-refractivity contribution in [1.82, 2.24) is 15.0 Å². The number of nitrogens with zero attached hydrogens (tertiary/aromatic N) is 3. The third-order valence-corrected chi connectivity index (χ3v) is 2.69. The highest BCUT2D eigenvalue weighted by atomic mass is 35.5. The van der Waals surface area contributed by atoms with Gasteiger partial charge in [0.15, 0.2) is 5.82 Å². The van der Waals surface area contributed by atoms with Gasteiger partial charge in [0.1, 0.15) is 11.5 Å². The van der Waals surface area contributed by atoms with Crippen molar-refractivity contribution in [2.24, 2.45) is 0 Å². The molecule has 94 valence electrons. The highest BCUT2D eigenvalue weighted by molar-refractivity contribution is 6.30. The van der Waals surface area contributed by atoms with Gasteiger partial charge in [0.2, 0.25) is 0 Å². The molecule has 0 aliphatic rings. The normalized spacial score (nSPS) is 11.6. The summed E-state index contributed by atoms with van der Waals surface area (Å²) in [5.41, 5.74) is 7.29. The van der Waals surface area contributed by atoms with Crippen LogP contribution in [-0.4, -0.2) is 15.0 Å².